The summed E-state index contributed by atoms with van der Waals surface area (Å²) >= 11 is 5.70. The fourth-order valence-corrected chi connectivity index (χ4v) is 1.32. The topological polar surface area (TPSA) is 64.9 Å². The van der Waals surface area contributed by atoms with E-state index in [1.165, 1.54) is 13.3 Å². The number of aromatic nitrogens is 4. The van der Waals surface area contributed by atoms with Gasteiger partial charge in [0.2, 0.25) is 5.28 Å². The molecule has 0 amide bonds. The van der Waals surface area contributed by atoms with Crippen LogP contribution in [0.25, 0.3) is 0 Å². The third-order valence-electron chi connectivity index (χ3n) is 1.90. The van der Waals surface area contributed by atoms with Gasteiger partial charge in [0.15, 0.2) is 11.6 Å². The molecule has 2 aromatic rings. The Labute approximate surface area is 97.3 Å². The summed E-state index contributed by atoms with van der Waals surface area (Å²) in [6.07, 6.45) is 4.99. The third-order valence-corrected chi connectivity index (χ3v) is 2.08. The molecule has 0 unspecified atom stereocenters. The van der Waals surface area contributed by atoms with Crippen LogP contribution in [-0.2, 0) is 7.05 Å². The molecule has 0 aliphatic rings. The van der Waals surface area contributed by atoms with Crippen LogP contribution in [0.2, 0.25) is 5.28 Å². The fraction of sp³-hybridized carbons (Fsp3) is 0.222. The van der Waals surface area contributed by atoms with E-state index < -0.39 is 0 Å². The fourth-order valence-electron chi connectivity index (χ4n) is 1.19. The summed E-state index contributed by atoms with van der Waals surface area (Å²) < 4.78 is 6.92. The summed E-state index contributed by atoms with van der Waals surface area (Å²) in [5, 5.41) is 3.14. The summed E-state index contributed by atoms with van der Waals surface area (Å²) in [5.41, 5.74) is 0. The maximum absolute atomic E-state index is 5.70. The highest BCUT2D eigenvalue weighted by atomic mass is 35.5. The predicted molar refractivity (Wildman–Crippen MR) is 60.1 cm³/mol. The number of aryl methyl sites for hydroxylation is 1. The van der Waals surface area contributed by atoms with Crippen molar-refractivity contribution in [2.24, 2.45) is 7.05 Å². The molecule has 84 valence electrons. The van der Waals surface area contributed by atoms with Crippen molar-refractivity contribution in [2.45, 2.75) is 0 Å². The van der Waals surface area contributed by atoms with E-state index in [4.69, 9.17) is 16.3 Å². The van der Waals surface area contributed by atoms with Crippen LogP contribution < -0.4 is 10.1 Å². The van der Waals surface area contributed by atoms with Gasteiger partial charge in [-0.2, -0.15) is 4.98 Å². The average Bonchev–Trinajstić information content (AvgIpc) is 2.64. The van der Waals surface area contributed by atoms with E-state index in [0.717, 1.165) is 0 Å². The Morgan fingerprint density at radius 1 is 1.44 bits per heavy atom. The van der Waals surface area contributed by atoms with Gasteiger partial charge in [0.1, 0.15) is 5.82 Å². The number of hydrogen-bond acceptors (Lipinski definition) is 5. The smallest absolute Gasteiger partial charge is 0.224 e. The molecule has 2 rings (SSSR count). The number of rotatable bonds is 3. The maximum Gasteiger partial charge on any atom is 0.224 e. The Hall–Kier alpha value is -1.82. The van der Waals surface area contributed by atoms with Gasteiger partial charge in [-0.05, 0) is 11.6 Å². The largest absolute Gasteiger partial charge is 0.491 e. The van der Waals surface area contributed by atoms with Crippen LogP contribution >= 0.6 is 11.6 Å². The number of hydrogen-bond donors (Lipinski definition) is 1. The average molecular weight is 240 g/mol. The molecule has 0 fully saturated rings. The second kappa shape index (κ2) is 4.36. The molecule has 0 radical (unpaired) electrons. The molecule has 0 spiro atoms. The van der Waals surface area contributed by atoms with Gasteiger partial charge >= 0.3 is 0 Å². The molecule has 1 N–H and O–H groups in total. The highest BCUT2D eigenvalue weighted by Crippen LogP contribution is 2.24. The van der Waals surface area contributed by atoms with E-state index in [2.05, 4.69) is 20.3 Å². The first-order valence-electron chi connectivity index (χ1n) is 4.50. The van der Waals surface area contributed by atoms with E-state index in [1.54, 1.807) is 6.33 Å². The van der Waals surface area contributed by atoms with Gasteiger partial charge in [-0.3, -0.25) is 0 Å². The summed E-state index contributed by atoms with van der Waals surface area (Å²) in [5.74, 6) is 1.66. The SMILES string of the molecule is COc1cnc(Cl)nc1Nc1cn(C)cn1. The highest BCUT2D eigenvalue weighted by molar-refractivity contribution is 6.28. The van der Waals surface area contributed by atoms with Gasteiger partial charge in [-0.25, -0.2) is 9.97 Å². The van der Waals surface area contributed by atoms with E-state index in [0.29, 0.717) is 17.4 Å². The summed E-state index contributed by atoms with van der Waals surface area (Å²) in [7, 11) is 3.42. The Kier molecular flexibility index (Phi) is 2.91. The van der Waals surface area contributed by atoms with Gasteiger partial charge in [-0.1, -0.05) is 0 Å². The standard InChI is InChI=1S/C9H10ClN5O/c1-15-4-7(12-5-15)13-8-6(16-2)3-11-9(10)14-8/h3-5H,1-2H3,(H,11,13,14). The molecule has 0 saturated heterocycles. The molecule has 6 nitrogen and oxygen atoms in total. The van der Waals surface area contributed by atoms with Crippen molar-refractivity contribution in [3.8, 4) is 5.75 Å². The number of methoxy groups -OCH3 is 1. The third kappa shape index (κ3) is 2.22. The number of ether oxygens (including phenoxy) is 1. The lowest BCUT2D eigenvalue weighted by Crippen LogP contribution is -1.99. The van der Waals surface area contributed by atoms with Crippen molar-refractivity contribution >= 4 is 23.2 Å². The summed E-state index contributed by atoms with van der Waals surface area (Å²) in [4.78, 5) is 11.9. The predicted octanol–water partition coefficient (Wildman–Crippen LogP) is 1.62. The van der Waals surface area contributed by atoms with Crippen LogP contribution in [0.1, 0.15) is 0 Å². The molecule has 0 aliphatic heterocycles. The number of nitrogens with one attached hydrogen (secondary N) is 1. The second-order valence-electron chi connectivity index (χ2n) is 3.11. The minimum atomic E-state index is 0.152. The molecule has 0 aliphatic carbocycles. The first-order valence-corrected chi connectivity index (χ1v) is 4.88. The van der Waals surface area contributed by atoms with Crippen LogP contribution in [0.4, 0.5) is 11.6 Å². The lowest BCUT2D eigenvalue weighted by atomic mass is 10.5. The van der Waals surface area contributed by atoms with Crippen LogP contribution in [0, 0.1) is 0 Å². The quantitative estimate of drug-likeness (QED) is 0.825. The minimum absolute atomic E-state index is 0.152. The Morgan fingerprint density at radius 3 is 2.88 bits per heavy atom. The number of anilines is 2. The minimum Gasteiger partial charge on any atom is -0.491 e. The van der Waals surface area contributed by atoms with E-state index in [1.807, 2.05) is 17.8 Å². The molecule has 0 bridgehead atoms. The van der Waals surface area contributed by atoms with Crippen molar-refractivity contribution in [3.05, 3.63) is 24.0 Å². The van der Waals surface area contributed by atoms with Gasteiger partial charge in [0, 0.05) is 13.2 Å². The molecular weight excluding hydrogens is 230 g/mol. The Balaban J connectivity index is 2.29. The van der Waals surface area contributed by atoms with Crippen molar-refractivity contribution in [1.82, 2.24) is 19.5 Å². The van der Waals surface area contributed by atoms with Crippen LogP contribution in [0.15, 0.2) is 18.7 Å². The molecule has 7 heteroatoms. The van der Waals surface area contributed by atoms with Gasteiger partial charge in [-0.15, -0.1) is 0 Å². The zero-order valence-corrected chi connectivity index (χ0v) is 9.56. The van der Waals surface area contributed by atoms with Gasteiger partial charge in [0.25, 0.3) is 0 Å². The van der Waals surface area contributed by atoms with Crippen molar-refractivity contribution in [1.29, 1.82) is 0 Å². The Morgan fingerprint density at radius 2 is 2.25 bits per heavy atom. The maximum atomic E-state index is 5.70. The summed E-state index contributed by atoms with van der Waals surface area (Å²) in [6.45, 7) is 0. The van der Waals surface area contributed by atoms with E-state index in [-0.39, 0.29) is 5.28 Å². The zero-order valence-electron chi connectivity index (χ0n) is 8.81. The van der Waals surface area contributed by atoms with Crippen molar-refractivity contribution < 1.29 is 4.74 Å². The monoisotopic (exact) mass is 239 g/mol. The van der Waals surface area contributed by atoms with Crippen LogP contribution in [0.5, 0.6) is 5.75 Å². The van der Waals surface area contributed by atoms with Gasteiger partial charge in [0.05, 0.1) is 19.6 Å². The summed E-state index contributed by atoms with van der Waals surface area (Å²) in [6, 6.07) is 0. The molecule has 0 saturated carbocycles. The molecule has 16 heavy (non-hydrogen) atoms. The molecule has 0 aromatic carbocycles. The second-order valence-corrected chi connectivity index (χ2v) is 3.44. The first kappa shape index (κ1) is 10.7. The molecular formula is C9H10ClN5O. The van der Waals surface area contributed by atoms with E-state index >= 15 is 0 Å². The normalized spacial score (nSPS) is 10.2. The highest BCUT2D eigenvalue weighted by Gasteiger charge is 2.07. The molecule has 2 aromatic heterocycles. The molecule has 2 heterocycles. The van der Waals surface area contributed by atoms with Crippen LogP contribution in [0.3, 0.4) is 0 Å². The number of nitrogens with zero attached hydrogens (tertiary/aromatic N) is 4. The first-order chi connectivity index (χ1) is 7.69. The number of imidazole rings is 1. The molecule has 0 atom stereocenters. The van der Waals surface area contributed by atoms with Gasteiger partial charge < -0.3 is 14.6 Å². The lowest BCUT2D eigenvalue weighted by molar-refractivity contribution is 0.413. The number of halogens is 1. The van der Waals surface area contributed by atoms with Crippen molar-refractivity contribution in [2.75, 3.05) is 12.4 Å². The zero-order chi connectivity index (χ0) is 11.5. The van der Waals surface area contributed by atoms with E-state index in [9.17, 15) is 0 Å². The lowest BCUT2D eigenvalue weighted by Gasteiger charge is -2.07. The van der Waals surface area contributed by atoms with Crippen molar-refractivity contribution in [3.63, 3.8) is 0 Å². The Bertz CT molecular complexity index is 498. The van der Waals surface area contributed by atoms with Crippen LogP contribution in [-0.4, -0.2) is 26.6 Å².